The van der Waals surface area contributed by atoms with Crippen molar-refractivity contribution in [2.75, 3.05) is 19.7 Å². The number of alkyl carbamates (subject to hydrolysis) is 1. The molecule has 1 saturated heterocycles. The maximum Gasteiger partial charge on any atom is 0.408 e. The number of nitrogens with one attached hydrogen (secondary N) is 1. The van der Waals surface area contributed by atoms with Gasteiger partial charge in [-0.2, -0.15) is 0 Å². The van der Waals surface area contributed by atoms with Gasteiger partial charge in [-0.05, 0) is 42.0 Å². The number of hydrogen-bond acceptors (Lipinski definition) is 4. The zero-order valence-electron chi connectivity index (χ0n) is 19.3. The van der Waals surface area contributed by atoms with Crippen molar-refractivity contribution in [3.8, 4) is 11.1 Å². The SMILES string of the molecule is CCC(CC)(NC(=O)OCC1c2ccccc2-c2ccccc21)C(=O)N1CC(C)(C(=O)O)C1. The summed E-state index contributed by atoms with van der Waals surface area (Å²) in [6.07, 6.45) is 0.120. The van der Waals surface area contributed by atoms with Crippen LogP contribution in [0.2, 0.25) is 0 Å². The molecule has 2 N–H and O–H groups in total. The number of ether oxygens (including phenoxy) is 1. The van der Waals surface area contributed by atoms with E-state index in [0.29, 0.717) is 12.8 Å². The van der Waals surface area contributed by atoms with Gasteiger partial charge in [0.15, 0.2) is 0 Å². The fourth-order valence-electron chi connectivity index (χ4n) is 4.99. The van der Waals surface area contributed by atoms with Crippen molar-refractivity contribution in [1.29, 1.82) is 0 Å². The molecular weight excluding hydrogens is 420 g/mol. The molecule has 0 aromatic heterocycles. The molecule has 0 saturated carbocycles. The largest absolute Gasteiger partial charge is 0.481 e. The van der Waals surface area contributed by atoms with Crippen molar-refractivity contribution in [2.24, 2.45) is 5.41 Å². The van der Waals surface area contributed by atoms with Gasteiger partial charge >= 0.3 is 12.1 Å². The van der Waals surface area contributed by atoms with E-state index in [0.717, 1.165) is 22.3 Å². The van der Waals surface area contributed by atoms with Gasteiger partial charge in [-0.15, -0.1) is 0 Å². The number of carbonyl (C=O) groups is 3. The molecule has 1 aliphatic heterocycles. The summed E-state index contributed by atoms with van der Waals surface area (Å²) in [4.78, 5) is 38.9. The summed E-state index contributed by atoms with van der Waals surface area (Å²) < 4.78 is 5.64. The van der Waals surface area contributed by atoms with Gasteiger partial charge in [0.1, 0.15) is 17.6 Å². The first kappa shape index (κ1) is 22.8. The van der Waals surface area contributed by atoms with Gasteiger partial charge in [0.2, 0.25) is 5.91 Å². The molecule has 0 spiro atoms. The van der Waals surface area contributed by atoms with Crippen LogP contribution in [0.5, 0.6) is 0 Å². The highest BCUT2D eigenvalue weighted by atomic mass is 16.5. The molecule has 7 heteroatoms. The Kier molecular flexibility index (Phi) is 5.91. The molecule has 0 atom stereocenters. The van der Waals surface area contributed by atoms with E-state index in [-0.39, 0.29) is 31.5 Å². The van der Waals surface area contributed by atoms with Gasteiger partial charge in [-0.25, -0.2) is 4.79 Å². The minimum atomic E-state index is -1.12. The van der Waals surface area contributed by atoms with Crippen LogP contribution in [-0.2, 0) is 14.3 Å². The van der Waals surface area contributed by atoms with Crippen molar-refractivity contribution in [3.63, 3.8) is 0 Å². The fourth-order valence-corrected chi connectivity index (χ4v) is 4.99. The summed E-state index contributed by atoms with van der Waals surface area (Å²) in [7, 11) is 0. The number of hydrogen-bond donors (Lipinski definition) is 2. The molecule has 2 aromatic carbocycles. The topological polar surface area (TPSA) is 95.9 Å². The smallest absolute Gasteiger partial charge is 0.408 e. The van der Waals surface area contributed by atoms with Crippen molar-refractivity contribution < 1.29 is 24.2 Å². The van der Waals surface area contributed by atoms with Crippen molar-refractivity contribution >= 4 is 18.0 Å². The van der Waals surface area contributed by atoms with Gasteiger partial charge < -0.3 is 20.1 Å². The lowest BCUT2D eigenvalue weighted by atomic mass is 9.79. The summed E-state index contributed by atoms with van der Waals surface area (Å²) in [5.74, 6) is -1.25. The number of nitrogens with zero attached hydrogens (tertiary/aromatic N) is 1. The fraction of sp³-hybridized carbons (Fsp3) is 0.423. The zero-order valence-corrected chi connectivity index (χ0v) is 19.3. The molecule has 4 rings (SSSR count). The molecule has 174 valence electrons. The normalized spacial score (nSPS) is 16.4. The number of likely N-dealkylation sites (tertiary alicyclic amines) is 1. The first-order valence-electron chi connectivity index (χ1n) is 11.4. The second-order valence-corrected chi connectivity index (χ2v) is 9.27. The predicted octanol–water partition coefficient (Wildman–Crippen LogP) is 4.02. The lowest BCUT2D eigenvalue weighted by Gasteiger charge is -2.48. The quantitative estimate of drug-likeness (QED) is 0.664. The molecular formula is C26H30N2O5. The highest BCUT2D eigenvalue weighted by Crippen LogP contribution is 2.44. The summed E-state index contributed by atoms with van der Waals surface area (Å²) in [5, 5.41) is 12.1. The molecule has 2 aliphatic rings. The predicted molar refractivity (Wildman–Crippen MR) is 124 cm³/mol. The third-order valence-electron chi connectivity index (χ3n) is 7.18. The molecule has 2 aromatic rings. The van der Waals surface area contributed by atoms with Crippen molar-refractivity contribution in [2.45, 2.75) is 45.1 Å². The van der Waals surface area contributed by atoms with E-state index in [4.69, 9.17) is 4.74 Å². The Morgan fingerprint density at radius 2 is 1.55 bits per heavy atom. The van der Waals surface area contributed by atoms with Crippen LogP contribution < -0.4 is 5.32 Å². The standard InChI is InChI=1S/C26H30N2O5/c1-4-26(5-2,22(29)28-15-25(3,16-28)23(30)31)27-24(32)33-14-21-19-12-8-6-10-17(19)18-11-7-9-13-20(18)21/h6-13,21H,4-5,14-16H2,1-3H3,(H,27,32)(H,30,31). The number of carboxylic acids is 1. The van der Waals surface area contributed by atoms with Gasteiger partial charge in [-0.3, -0.25) is 9.59 Å². The van der Waals surface area contributed by atoms with Crippen molar-refractivity contribution in [3.05, 3.63) is 59.7 Å². The van der Waals surface area contributed by atoms with E-state index < -0.39 is 23.0 Å². The number of benzene rings is 2. The summed E-state index contributed by atoms with van der Waals surface area (Å²) in [5.41, 5.74) is 2.47. The number of carboxylic acid groups (broad SMARTS) is 1. The van der Waals surface area contributed by atoms with Crippen LogP contribution in [0.1, 0.15) is 50.7 Å². The number of carbonyl (C=O) groups excluding carboxylic acids is 2. The summed E-state index contributed by atoms with van der Waals surface area (Å²) in [6, 6.07) is 16.2. The first-order valence-corrected chi connectivity index (χ1v) is 11.4. The minimum absolute atomic E-state index is 0.0665. The van der Waals surface area contributed by atoms with Gasteiger partial charge in [0, 0.05) is 19.0 Å². The Bertz CT molecular complexity index is 1040. The maximum absolute atomic E-state index is 13.2. The van der Waals surface area contributed by atoms with Crippen LogP contribution in [0.25, 0.3) is 11.1 Å². The molecule has 1 heterocycles. The van der Waals surface area contributed by atoms with Gasteiger partial charge in [0.05, 0.1) is 0 Å². The Hall–Kier alpha value is -3.35. The second-order valence-electron chi connectivity index (χ2n) is 9.27. The first-order chi connectivity index (χ1) is 15.7. The molecule has 1 aliphatic carbocycles. The van der Waals surface area contributed by atoms with Crippen LogP contribution in [0.4, 0.5) is 4.79 Å². The second kappa shape index (κ2) is 8.54. The van der Waals surface area contributed by atoms with Crippen LogP contribution in [0.15, 0.2) is 48.5 Å². The van der Waals surface area contributed by atoms with E-state index >= 15 is 0 Å². The van der Waals surface area contributed by atoms with Gasteiger partial charge in [0.25, 0.3) is 0 Å². The lowest BCUT2D eigenvalue weighted by molar-refractivity contribution is -0.167. The number of fused-ring (bicyclic) bond motifs is 3. The third kappa shape index (κ3) is 3.86. The van der Waals surface area contributed by atoms with Crippen LogP contribution in [0.3, 0.4) is 0 Å². The number of aliphatic carboxylic acids is 1. The summed E-state index contributed by atoms with van der Waals surface area (Å²) >= 11 is 0. The van der Waals surface area contributed by atoms with Crippen LogP contribution in [0, 0.1) is 5.41 Å². The van der Waals surface area contributed by atoms with E-state index in [1.807, 2.05) is 38.1 Å². The highest BCUT2D eigenvalue weighted by molar-refractivity contribution is 5.92. The van der Waals surface area contributed by atoms with Crippen molar-refractivity contribution in [1.82, 2.24) is 10.2 Å². The minimum Gasteiger partial charge on any atom is -0.481 e. The monoisotopic (exact) mass is 450 g/mol. The third-order valence-corrected chi connectivity index (χ3v) is 7.18. The Morgan fingerprint density at radius 3 is 2.03 bits per heavy atom. The Morgan fingerprint density at radius 1 is 1.03 bits per heavy atom. The lowest BCUT2D eigenvalue weighted by Crippen LogP contribution is -2.68. The van der Waals surface area contributed by atoms with Gasteiger partial charge in [-0.1, -0.05) is 62.4 Å². The number of rotatable bonds is 7. The average Bonchev–Trinajstić information content (AvgIpc) is 3.12. The zero-order chi connectivity index (χ0) is 23.8. The average molecular weight is 451 g/mol. The number of amides is 2. The Labute approximate surface area is 193 Å². The summed E-state index contributed by atoms with van der Waals surface area (Å²) in [6.45, 7) is 5.73. The Balaban J connectivity index is 1.44. The molecule has 1 fully saturated rings. The van der Waals surface area contributed by atoms with E-state index in [9.17, 15) is 19.5 Å². The molecule has 33 heavy (non-hydrogen) atoms. The maximum atomic E-state index is 13.2. The molecule has 0 unspecified atom stereocenters. The molecule has 2 amide bonds. The van der Waals surface area contributed by atoms with Crippen LogP contribution >= 0.6 is 0 Å². The van der Waals surface area contributed by atoms with E-state index in [1.165, 1.54) is 4.90 Å². The molecule has 0 bridgehead atoms. The van der Waals surface area contributed by atoms with Crippen LogP contribution in [-0.4, -0.2) is 53.2 Å². The van der Waals surface area contributed by atoms with E-state index in [2.05, 4.69) is 29.6 Å². The van der Waals surface area contributed by atoms with E-state index in [1.54, 1.807) is 6.92 Å². The molecule has 7 nitrogen and oxygen atoms in total. The highest BCUT2D eigenvalue weighted by Gasteiger charge is 2.52. The molecule has 0 radical (unpaired) electrons.